The normalized spacial score (nSPS) is 29.9. The van der Waals surface area contributed by atoms with E-state index in [1.807, 2.05) is 26.2 Å². The smallest absolute Gasteiger partial charge is 0.338 e. The van der Waals surface area contributed by atoms with Gasteiger partial charge in [-0.05, 0) is 44.5 Å². The predicted molar refractivity (Wildman–Crippen MR) is 96.4 cm³/mol. The van der Waals surface area contributed by atoms with Crippen LogP contribution in [0, 0.1) is 0 Å². The van der Waals surface area contributed by atoms with E-state index >= 15 is 0 Å². The first-order chi connectivity index (χ1) is 11.9. The molecule has 136 valence electrons. The van der Waals surface area contributed by atoms with Crippen LogP contribution in [-0.2, 0) is 23.7 Å². The second-order valence-electron chi connectivity index (χ2n) is 6.14. The monoisotopic (exact) mass is 384 g/mol. The highest BCUT2D eigenvalue weighted by Crippen LogP contribution is 2.39. The summed E-state index contributed by atoms with van der Waals surface area (Å²) in [6.45, 7) is 3.64. The van der Waals surface area contributed by atoms with Gasteiger partial charge in [-0.25, -0.2) is 4.79 Å². The van der Waals surface area contributed by atoms with E-state index in [4.69, 9.17) is 35.9 Å². The molecule has 2 saturated heterocycles. The minimum absolute atomic E-state index is 0.0234. The quantitative estimate of drug-likeness (QED) is 0.580. The van der Waals surface area contributed by atoms with Crippen molar-refractivity contribution in [3.05, 3.63) is 35.9 Å². The lowest BCUT2D eigenvalue weighted by molar-refractivity contribution is -0.217. The molecule has 0 radical (unpaired) electrons. The minimum Gasteiger partial charge on any atom is -0.469 e. The molecule has 4 atom stereocenters. The minimum atomic E-state index is -0.760. The molecule has 0 saturated carbocycles. The molecule has 0 aliphatic carbocycles. The summed E-state index contributed by atoms with van der Waals surface area (Å²) in [6, 6.07) is 8.78. The highest BCUT2D eigenvalue weighted by Gasteiger charge is 2.56. The van der Waals surface area contributed by atoms with Gasteiger partial charge in [0.15, 0.2) is 24.3 Å². The van der Waals surface area contributed by atoms with Gasteiger partial charge in [-0.3, -0.25) is 0 Å². The summed E-state index contributed by atoms with van der Waals surface area (Å²) in [5.41, 5.74) is 0.478. The maximum absolute atomic E-state index is 12.1. The van der Waals surface area contributed by atoms with Gasteiger partial charge in [0.2, 0.25) is 4.38 Å². The molecule has 0 spiro atoms. The number of thiocarbonyl (C=S) groups is 1. The Morgan fingerprint density at radius 2 is 2.00 bits per heavy atom. The molecule has 25 heavy (non-hydrogen) atoms. The number of carbonyl (C=O) groups excluding carboxylic acids is 1. The summed E-state index contributed by atoms with van der Waals surface area (Å²) < 4.78 is 29.0. The maximum Gasteiger partial charge on any atom is 0.338 e. The van der Waals surface area contributed by atoms with E-state index < -0.39 is 36.4 Å². The zero-order valence-corrected chi connectivity index (χ0v) is 15.8. The average Bonchev–Trinajstić information content (AvgIpc) is 3.05. The van der Waals surface area contributed by atoms with Gasteiger partial charge >= 0.3 is 5.97 Å². The Labute approximate surface area is 156 Å². The Morgan fingerprint density at radius 3 is 2.68 bits per heavy atom. The van der Waals surface area contributed by atoms with E-state index in [9.17, 15) is 4.79 Å². The number of rotatable bonds is 4. The molecule has 0 unspecified atom stereocenters. The summed E-state index contributed by atoms with van der Waals surface area (Å²) in [5, 5.41) is 0. The van der Waals surface area contributed by atoms with Gasteiger partial charge in [0.05, 0.1) is 5.56 Å². The first-order valence-electron chi connectivity index (χ1n) is 7.87. The third-order valence-corrected chi connectivity index (χ3v) is 4.90. The Hall–Kier alpha value is -1.19. The number of ether oxygens (including phenoxy) is 5. The van der Waals surface area contributed by atoms with Crippen molar-refractivity contribution in [3.8, 4) is 0 Å². The first kappa shape index (κ1) is 18.6. The van der Waals surface area contributed by atoms with Gasteiger partial charge in [-0.15, -0.1) is 0 Å². The van der Waals surface area contributed by atoms with Crippen LogP contribution < -0.4 is 0 Å². The van der Waals surface area contributed by atoms with E-state index in [-0.39, 0.29) is 6.61 Å². The number of carbonyl (C=O) groups is 1. The lowest BCUT2D eigenvalue weighted by atomic mass is 10.1. The maximum atomic E-state index is 12.1. The molecule has 2 heterocycles. The summed E-state index contributed by atoms with van der Waals surface area (Å²) in [7, 11) is 0. The zero-order chi connectivity index (χ0) is 18.0. The number of thioether (sulfide) groups is 1. The summed E-state index contributed by atoms with van der Waals surface area (Å²) in [4.78, 5) is 12.1. The van der Waals surface area contributed by atoms with Crippen molar-refractivity contribution in [1.82, 2.24) is 0 Å². The molecular formula is C17H20O6S2. The highest BCUT2D eigenvalue weighted by atomic mass is 32.2. The third-order valence-electron chi connectivity index (χ3n) is 3.87. The molecule has 0 N–H and O–H groups in total. The van der Waals surface area contributed by atoms with E-state index in [0.29, 0.717) is 9.95 Å². The molecule has 0 bridgehead atoms. The van der Waals surface area contributed by atoms with Crippen molar-refractivity contribution in [2.45, 2.75) is 44.2 Å². The second kappa shape index (κ2) is 7.59. The molecule has 2 aliphatic rings. The fraction of sp³-hybridized carbons (Fsp3) is 0.529. The molecule has 6 nitrogen and oxygen atoms in total. The SMILES string of the molecule is CSC(=S)O[C@@H]1[C@H]2OC(C)(C)O[C@H]2O[C@@H]1COC(=O)c1ccccc1. The molecular weight excluding hydrogens is 364 g/mol. The molecule has 8 heteroatoms. The van der Waals surface area contributed by atoms with Gasteiger partial charge < -0.3 is 23.7 Å². The fourth-order valence-corrected chi connectivity index (χ4v) is 3.12. The van der Waals surface area contributed by atoms with E-state index in [0.717, 1.165) is 0 Å². The van der Waals surface area contributed by atoms with Crippen molar-refractivity contribution in [3.63, 3.8) is 0 Å². The molecule has 2 aliphatic heterocycles. The Kier molecular flexibility index (Phi) is 5.65. The van der Waals surface area contributed by atoms with Crippen molar-refractivity contribution in [2.24, 2.45) is 0 Å². The Balaban J connectivity index is 1.65. The standard InChI is InChI=1S/C17H20O6S2/c1-17(2)22-13-12(21-16(24)25-3)11(20-15(13)23-17)9-19-14(18)10-7-5-4-6-8-10/h4-8,11-13,15H,9H2,1-3H3/t11-,12+,13-,15-/m1/s1. The second-order valence-corrected chi connectivity index (χ2v) is 7.55. The lowest BCUT2D eigenvalue weighted by Gasteiger charge is -2.26. The van der Waals surface area contributed by atoms with Gasteiger partial charge in [0.25, 0.3) is 0 Å². The summed E-state index contributed by atoms with van der Waals surface area (Å²) in [5.74, 6) is -1.18. The van der Waals surface area contributed by atoms with Crippen LogP contribution in [0.4, 0.5) is 0 Å². The third kappa shape index (κ3) is 4.32. The van der Waals surface area contributed by atoms with Crippen LogP contribution in [0.2, 0.25) is 0 Å². The molecule has 2 fully saturated rings. The van der Waals surface area contributed by atoms with Gasteiger partial charge in [0, 0.05) is 0 Å². The zero-order valence-electron chi connectivity index (χ0n) is 14.2. The van der Waals surface area contributed by atoms with Crippen molar-refractivity contribution < 1.29 is 28.5 Å². The Bertz CT molecular complexity index is 635. The fourth-order valence-electron chi connectivity index (χ4n) is 2.80. The highest BCUT2D eigenvalue weighted by molar-refractivity contribution is 8.22. The van der Waals surface area contributed by atoms with Crippen LogP contribution in [0.5, 0.6) is 0 Å². The van der Waals surface area contributed by atoms with Crippen molar-refractivity contribution in [2.75, 3.05) is 12.9 Å². The lowest BCUT2D eigenvalue weighted by Crippen LogP contribution is -2.40. The summed E-state index contributed by atoms with van der Waals surface area (Å²) >= 11 is 6.47. The topological polar surface area (TPSA) is 63.2 Å². The van der Waals surface area contributed by atoms with E-state index in [2.05, 4.69) is 0 Å². The van der Waals surface area contributed by atoms with E-state index in [1.54, 1.807) is 24.3 Å². The van der Waals surface area contributed by atoms with Crippen LogP contribution in [-0.4, -0.2) is 53.6 Å². The van der Waals surface area contributed by atoms with Gasteiger partial charge in [0.1, 0.15) is 12.7 Å². The van der Waals surface area contributed by atoms with Gasteiger partial charge in [-0.1, -0.05) is 30.0 Å². The van der Waals surface area contributed by atoms with Crippen LogP contribution in [0.15, 0.2) is 30.3 Å². The van der Waals surface area contributed by atoms with Gasteiger partial charge in [-0.2, -0.15) is 0 Å². The number of hydrogen-bond donors (Lipinski definition) is 0. The largest absolute Gasteiger partial charge is 0.469 e. The van der Waals surface area contributed by atoms with Crippen LogP contribution >= 0.6 is 24.0 Å². The predicted octanol–water partition coefficient (Wildman–Crippen LogP) is 2.75. The molecule has 1 aromatic carbocycles. The number of esters is 1. The molecule has 3 rings (SSSR count). The van der Waals surface area contributed by atoms with E-state index in [1.165, 1.54) is 11.8 Å². The van der Waals surface area contributed by atoms with Crippen LogP contribution in [0.25, 0.3) is 0 Å². The Morgan fingerprint density at radius 1 is 1.28 bits per heavy atom. The average molecular weight is 384 g/mol. The van der Waals surface area contributed by atoms with Crippen LogP contribution in [0.3, 0.4) is 0 Å². The number of fused-ring (bicyclic) bond motifs is 1. The molecule has 0 aromatic heterocycles. The van der Waals surface area contributed by atoms with Crippen LogP contribution in [0.1, 0.15) is 24.2 Å². The summed E-state index contributed by atoms with van der Waals surface area (Å²) in [6.07, 6.45) is -0.208. The van der Waals surface area contributed by atoms with Crippen molar-refractivity contribution >= 4 is 34.3 Å². The first-order valence-corrected chi connectivity index (χ1v) is 9.51. The molecule has 1 aromatic rings. The molecule has 0 amide bonds. The number of benzene rings is 1. The number of hydrogen-bond acceptors (Lipinski definition) is 8. The van der Waals surface area contributed by atoms with Crippen molar-refractivity contribution in [1.29, 1.82) is 0 Å².